The van der Waals surface area contributed by atoms with E-state index in [0.717, 1.165) is 17.0 Å². The molecule has 1 N–H and O–H groups in total. The summed E-state index contributed by atoms with van der Waals surface area (Å²) in [7, 11) is 0. The van der Waals surface area contributed by atoms with Gasteiger partial charge in [0.2, 0.25) is 0 Å². The van der Waals surface area contributed by atoms with Crippen LogP contribution >= 0.6 is 23.4 Å². The second-order valence-electron chi connectivity index (χ2n) is 5.38. The highest BCUT2D eigenvalue weighted by molar-refractivity contribution is 7.98. The van der Waals surface area contributed by atoms with E-state index in [2.05, 4.69) is 15.5 Å². The van der Waals surface area contributed by atoms with E-state index in [0.29, 0.717) is 27.9 Å². The monoisotopic (exact) mass is 373 g/mol. The van der Waals surface area contributed by atoms with Gasteiger partial charge in [-0.3, -0.25) is 4.79 Å². The zero-order valence-electron chi connectivity index (χ0n) is 13.5. The van der Waals surface area contributed by atoms with Gasteiger partial charge >= 0.3 is 0 Å². The second kappa shape index (κ2) is 8.18. The van der Waals surface area contributed by atoms with E-state index in [9.17, 15) is 4.79 Å². The number of halogens is 1. The Balaban J connectivity index is 1.64. The smallest absolute Gasteiger partial charge is 0.254 e. The fraction of sp³-hybridized carbons (Fsp3) is 0.167. The molecule has 1 amide bonds. The number of aromatic nitrogens is 2. The van der Waals surface area contributed by atoms with Crippen molar-refractivity contribution < 1.29 is 9.32 Å². The van der Waals surface area contributed by atoms with Crippen LogP contribution in [-0.2, 0) is 12.3 Å². The normalized spacial score (nSPS) is 10.6. The van der Waals surface area contributed by atoms with E-state index >= 15 is 0 Å². The summed E-state index contributed by atoms with van der Waals surface area (Å²) >= 11 is 7.32. The molecule has 0 aliphatic carbocycles. The van der Waals surface area contributed by atoms with Gasteiger partial charge in [0.05, 0.1) is 11.3 Å². The van der Waals surface area contributed by atoms with Crippen LogP contribution < -0.4 is 5.32 Å². The predicted octanol–water partition coefficient (Wildman–Crippen LogP) is 4.25. The number of pyridine rings is 1. The molecule has 1 aromatic carbocycles. The summed E-state index contributed by atoms with van der Waals surface area (Å²) in [6, 6.07) is 12.8. The predicted molar refractivity (Wildman–Crippen MR) is 97.7 cm³/mol. The molecule has 0 aliphatic rings. The molecule has 7 heteroatoms. The number of amides is 1. The summed E-state index contributed by atoms with van der Waals surface area (Å²) < 4.78 is 5.05. The van der Waals surface area contributed by atoms with Crippen LogP contribution in [0.2, 0.25) is 5.02 Å². The van der Waals surface area contributed by atoms with Crippen LogP contribution in [0.25, 0.3) is 0 Å². The van der Waals surface area contributed by atoms with E-state index in [4.69, 9.17) is 16.1 Å². The highest BCUT2D eigenvalue weighted by Gasteiger charge is 2.13. The van der Waals surface area contributed by atoms with E-state index in [1.54, 1.807) is 30.5 Å². The minimum absolute atomic E-state index is 0.165. The average molecular weight is 374 g/mol. The number of nitrogens with zero attached hydrogens (tertiary/aromatic N) is 2. The third-order valence-electron chi connectivity index (χ3n) is 3.42. The van der Waals surface area contributed by atoms with Gasteiger partial charge in [-0.05, 0) is 36.8 Å². The van der Waals surface area contributed by atoms with Gasteiger partial charge in [-0.2, -0.15) is 0 Å². The molecular formula is C18H16ClN3O2S. The molecular weight excluding hydrogens is 358 g/mol. The molecule has 0 saturated carbocycles. The Labute approximate surface area is 154 Å². The van der Waals surface area contributed by atoms with Crippen molar-refractivity contribution in [3.8, 4) is 0 Å². The fourth-order valence-corrected chi connectivity index (χ4v) is 3.19. The molecule has 25 heavy (non-hydrogen) atoms. The third-order valence-corrected chi connectivity index (χ3v) is 4.71. The number of hydrogen-bond acceptors (Lipinski definition) is 5. The zero-order valence-corrected chi connectivity index (χ0v) is 15.1. The average Bonchev–Trinajstić information content (AvgIpc) is 3.05. The van der Waals surface area contributed by atoms with Gasteiger partial charge in [0.15, 0.2) is 0 Å². The molecule has 3 rings (SSSR count). The Morgan fingerprint density at radius 1 is 1.28 bits per heavy atom. The van der Waals surface area contributed by atoms with E-state index in [1.165, 1.54) is 11.8 Å². The molecule has 0 fully saturated rings. The summed E-state index contributed by atoms with van der Waals surface area (Å²) in [5.41, 5.74) is 2.34. The molecule has 2 aromatic heterocycles. The van der Waals surface area contributed by atoms with Crippen LogP contribution in [0, 0.1) is 6.92 Å². The Morgan fingerprint density at radius 3 is 2.80 bits per heavy atom. The zero-order chi connectivity index (χ0) is 17.6. The van der Waals surface area contributed by atoms with Crippen molar-refractivity contribution >= 4 is 29.3 Å². The molecule has 0 bridgehead atoms. The highest BCUT2D eigenvalue weighted by atomic mass is 35.5. The van der Waals surface area contributed by atoms with Crippen LogP contribution in [0.3, 0.4) is 0 Å². The maximum Gasteiger partial charge on any atom is 0.254 e. The number of rotatable bonds is 6. The first-order chi connectivity index (χ1) is 12.1. The molecule has 0 atom stereocenters. The SMILES string of the molecule is Cc1cc(CSc2ncccc2C(=O)NCc2ccc(Cl)cc2)no1. The highest BCUT2D eigenvalue weighted by Crippen LogP contribution is 2.24. The molecule has 5 nitrogen and oxygen atoms in total. The van der Waals surface area contributed by atoms with Crippen molar-refractivity contribution in [1.82, 2.24) is 15.5 Å². The summed E-state index contributed by atoms with van der Waals surface area (Å²) in [5, 5.41) is 8.20. The third kappa shape index (κ3) is 4.84. The number of aryl methyl sites for hydroxylation is 1. The largest absolute Gasteiger partial charge is 0.361 e. The maximum atomic E-state index is 12.5. The lowest BCUT2D eigenvalue weighted by molar-refractivity contribution is 0.0947. The molecule has 0 unspecified atom stereocenters. The summed E-state index contributed by atoms with van der Waals surface area (Å²) in [5.74, 6) is 1.19. The van der Waals surface area contributed by atoms with E-state index < -0.39 is 0 Å². The number of carbonyl (C=O) groups is 1. The molecule has 0 radical (unpaired) electrons. The molecule has 3 aromatic rings. The molecule has 2 heterocycles. The lowest BCUT2D eigenvalue weighted by Crippen LogP contribution is -2.23. The van der Waals surface area contributed by atoms with Gasteiger partial charge in [-0.25, -0.2) is 4.98 Å². The van der Waals surface area contributed by atoms with Crippen LogP contribution in [0.5, 0.6) is 0 Å². The fourth-order valence-electron chi connectivity index (χ4n) is 2.19. The van der Waals surface area contributed by atoms with E-state index in [1.807, 2.05) is 25.1 Å². The summed E-state index contributed by atoms with van der Waals surface area (Å²) in [6.45, 7) is 2.27. The molecule has 0 aliphatic heterocycles. The Hall–Kier alpha value is -2.31. The minimum atomic E-state index is -0.165. The number of nitrogens with one attached hydrogen (secondary N) is 1. The van der Waals surface area contributed by atoms with Crippen molar-refractivity contribution in [3.05, 3.63) is 76.3 Å². The topological polar surface area (TPSA) is 68.0 Å². The lowest BCUT2D eigenvalue weighted by Gasteiger charge is -2.09. The Kier molecular flexibility index (Phi) is 5.73. The maximum absolute atomic E-state index is 12.5. The first-order valence-electron chi connectivity index (χ1n) is 7.64. The number of hydrogen-bond donors (Lipinski definition) is 1. The molecule has 0 spiro atoms. The first-order valence-corrected chi connectivity index (χ1v) is 9.01. The van der Waals surface area contributed by atoms with Crippen molar-refractivity contribution in [2.24, 2.45) is 0 Å². The number of carbonyl (C=O) groups excluding carboxylic acids is 1. The van der Waals surface area contributed by atoms with Gasteiger partial charge in [0.25, 0.3) is 5.91 Å². The van der Waals surface area contributed by atoms with Gasteiger partial charge in [-0.15, -0.1) is 0 Å². The minimum Gasteiger partial charge on any atom is -0.361 e. The second-order valence-corrected chi connectivity index (χ2v) is 6.78. The van der Waals surface area contributed by atoms with Crippen LogP contribution in [-0.4, -0.2) is 16.0 Å². The number of benzene rings is 1. The van der Waals surface area contributed by atoms with Crippen molar-refractivity contribution in [3.63, 3.8) is 0 Å². The summed E-state index contributed by atoms with van der Waals surface area (Å²) in [6.07, 6.45) is 1.67. The first kappa shape index (κ1) is 17.5. The Morgan fingerprint density at radius 2 is 2.08 bits per heavy atom. The van der Waals surface area contributed by atoms with Crippen LogP contribution in [0.15, 0.2) is 58.2 Å². The van der Waals surface area contributed by atoms with Gasteiger partial charge in [0.1, 0.15) is 10.8 Å². The Bertz CT molecular complexity index is 865. The van der Waals surface area contributed by atoms with Crippen molar-refractivity contribution in [2.75, 3.05) is 0 Å². The summed E-state index contributed by atoms with van der Waals surface area (Å²) in [4.78, 5) is 16.8. The quantitative estimate of drug-likeness (QED) is 0.654. The van der Waals surface area contributed by atoms with Crippen LogP contribution in [0.1, 0.15) is 27.4 Å². The van der Waals surface area contributed by atoms with Crippen molar-refractivity contribution in [1.29, 1.82) is 0 Å². The van der Waals surface area contributed by atoms with Gasteiger partial charge < -0.3 is 9.84 Å². The molecule has 128 valence electrons. The standard InChI is InChI=1S/C18H16ClN3O2S/c1-12-9-15(22-24-12)11-25-18-16(3-2-8-20-18)17(23)21-10-13-4-6-14(19)7-5-13/h2-9H,10-11H2,1H3,(H,21,23). The van der Waals surface area contributed by atoms with Gasteiger partial charge in [0, 0.05) is 29.6 Å². The lowest BCUT2D eigenvalue weighted by atomic mass is 10.2. The molecule has 0 saturated heterocycles. The van der Waals surface area contributed by atoms with Gasteiger partial charge in [-0.1, -0.05) is 40.7 Å². The number of thioether (sulfide) groups is 1. The van der Waals surface area contributed by atoms with E-state index in [-0.39, 0.29) is 5.91 Å². The van der Waals surface area contributed by atoms with Crippen molar-refractivity contribution in [2.45, 2.75) is 24.2 Å². The van der Waals surface area contributed by atoms with Crippen LogP contribution in [0.4, 0.5) is 0 Å².